The lowest BCUT2D eigenvalue weighted by atomic mass is 10.1. The quantitative estimate of drug-likeness (QED) is 0.834. The third kappa shape index (κ3) is 3.23. The summed E-state index contributed by atoms with van der Waals surface area (Å²) in [7, 11) is 0. The fourth-order valence-electron chi connectivity index (χ4n) is 1.89. The number of thioether (sulfide) groups is 1. The van der Waals surface area contributed by atoms with E-state index in [2.05, 4.69) is 15.3 Å². The molecule has 0 fully saturated rings. The zero-order valence-corrected chi connectivity index (χ0v) is 13.1. The van der Waals surface area contributed by atoms with E-state index in [0.29, 0.717) is 27.6 Å². The number of hydrogen-bond acceptors (Lipinski definition) is 5. The Bertz CT molecular complexity index is 737. The van der Waals surface area contributed by atoms with E-state index in [1.165, 1.54) is 18.0 Å². The molecular formula is C13H11Cl2N3O2S. The molecule has 0 bridgehead atoms. The Morgan fingerprint density at radius 2 is 2.24 bits per heavy atom. The summed E-state index contributed by atoms with van der Waals surface area (Å²) < 4.78 is 0. The maximum absolute atomic E-state index is 12.1. The first-order valence-corrected chi connectivity index (χ1v) is 7.27. The summed E-state index contributed by atoms with van der Waals surface area (Å²) in [5.41, 5.74) is 0.661. The van der Waals surface area contributed by atoms with Crippen LogP contribution in [-0.4, -0.2) is 33.5 Å². The average molecular weight is 344 g/mol. The second-order valence-electron chi connectivity index (χ2n) is 4.17. The van der Waals surface area contributed by atoms with Crippen molar-refractivity contribution in [3.05, 3.63) is 35.0 Å². The lowest BCUT2D eigenvalue weighted by molar-refractivity contribution is 0.0975. The van der Waals surface area contributed by atoms with Gasteiger partial charge >= 0.3 is 0 Å². The van der Waals surface area contributed by atoms with Crippen LogP contribution in [0.15, 0.2) is 29.4 Å². The number of aromatic nitrogens is 1. The number of nitrogens with one attached hydrogen (secondary N) is 1. The van der Waals surface area contributed by atoms with Gasteiger partial charge < -0.3 is 10.4 Å². The van der Waals surface area contributed by atoms with Crippen LogP contribution in [0.3, 0.4) is 0 Å². The number of halogens is 2. The van der Waals surface area contributed by atoms with Crippen LogP contribution in [0.4, 0.5) is 0 Å². The van der Waals surface area contributed by atoms with Gasteiger partial charge in [-0.15, -0.1) is 12.4 Å². The zero-order chi connectivity index (χ0) is 14.1. The van der Waals surface area contributed by atoms with E-state index in [9.17, 15) is 9.90 Å². The second-order valence-corrected chi connectivity index (χ2v) is 5.69. The molecule has 3 rings (SSSR count). The third-order valence-corrected chi connectivity index (χ3v) is 3.98. The van der Waals surface area contributed by atoms with Gasteiger partial charge in [-0.2, -0.15) is 0 Å². The van der Waals surface area contributed by atoms with Gasteiger partial charge in [0, 0.05) is 22.4 Å². The van der Waals surface area contributed by atoms with Crippen molar-refractivity contribution in [1.29, 1.82) is 0 Å². The number of amidine groups is 1. The number of nitrogens with zero attached hydrogens (tertiary/aromatic N) is 2. The van der Waals surface area contributed by atoms with Gasteiger partial charge in [-0.05, 0) is 18.2 Å². The predicted octanol–water partition coefficient (Wildman–Crippen LogP) is 2.85. The van der Waals surface area contributed by atoms with Crippen LogP contribution >= 0.6 is 35.8 Å². The van der Waals surface area contributed by atoms with Crippen LogP contribution in [-0.2, 0) is 0 Å². The van der Waals surface area contributed by atoms with E-state index in [0.717, 1.165) is 5.75 Å². The number of aliphatic imine (C=N–C) groups is 1. The molecule has 2 aromatic rings. The smallest absolute Gasteiger partial charge is 0.262 e. The molecule has 0 spiro atoms. The lowest BCUT2D eigenvalue weighted by Crippen LogP contribution is -2.27. The van der Waals surface area contributed by atoms with Crippen LogP contribution in [0.2, 0.25) is 5.02 Å². The molecule has 1 aliphatic rings. The fourth-order valence-corrected chi connectivity index (χ4v) is 2.78. The number of aromatic hydroxyl groups is 1. The standard InChI is InChI=1S/C13H10ClN3O2S.ClH/c14-7-1-2-8-10(5-7)16-6-9(11(8)18)12(19)17-13-15-3-4-20-13;/h1-2,5-6H,3-4H2,(H,16,18)(H,15,17,19);1H. The van der Waals surface area contributed by atoms with E-state index in [1.807, 2.05) is 0 Å². The highest BCUT2D eigenvalue weighted by Gasteiger charge is 2.18. The van der Waals surface area contributed by atoms with Gasteiger partial charge in [-0.1, -0.05) is 23.4 Å². The van der Waals surface area contributed by atoms with Crippen LogP contribution in [0.5, 0.6) is 5.75 Å². The molecule has 2 heterocycles. The molecule has 1 aromatic carbocycles. The molecule has 1 aromatic heterocycles. The van der Waals surface area contributed by atoms with Crippen LogP contribution in [0.25, 0.3) is 10.9 Å². The van der Waals surface area contributed by atoms with Crippen molar-refractivity contribution in [2.24, 2.45) is 4.99 Å². The van der Waals surface area contributed by atoms with Crippen molar-refractivity contribution in [2.45, 2.75) is 0 Å². The van der Waals surface area contributed by atoms with E-state index >= 15 is 0 Å². The molecule has 21 heavy (non-hydrogen) atoms. The van der Waals surface area contributed by atoms with Gasteiger partial charge in [0.2, 0.25) is 0 Å². The first kappa shape index (κ1) is 15.9. The number of carbonyl (C=O) groups is 1. The molecule has 8 heteroatoms. The maximum atomic E-state index is 12.1. The van der Waals surface area contributed by atoms with E-state index in [-0.39, 0.29) is 23.7 Å². The average Bonchev–Trinajstić information content (AvgIpc) is 2.91. The van der Waals surface area contributed by atoms with Gasteiger partial charge in [-0.3, -0.25) is 14.8 Å². The highest BCUT2D eigenvalue weighted by molar-refractivity contribution is 8.14. The number of benzene rings is 1. The number of amides is 1. The molecule has 1 aliphatic heterocycles. The van der Waals surface area contributed by atoms with Crippen molar-refractivity contribution in [1.82, 2.24) is 10.3 Å². The summed E-state index contributed by atoms with van der Waals surface area (Å²) in [5.74, 6) is 0.337. The molecule has 110 valence electrons. The highest BCUT2D eigenvalue weighted by atomic mass is 35.5. The number of rotatable bonds is 1. The Labute approximate surface area is 136 Å². The van der Waals surface area contributed by atoms with E-state index in [1.54, 1.807) is 18.2 Å². The lowest BCUT2D eigenvalue weighted by Gasteiger charge is -2.08. The summed E-state index contributed by atoms with van der Waals surface area (Å²) in [6, 6.07) is 4.91. The number of carbonyl (C=O) groups excluding carboxylic acids is 1. The second kappa shape index (κ2) is 6.51. The van der Waals surface area contributed by atoms with Crippen molar-refractivity contribution >= 4 is 57.7 Å². The predicted molar refractivity (Wildman–Crippen MR) is 87.9 cm³/mol. The molecule has 0 radical (unpaired) electrons. The summed E-state index contributed by atoms with van der Waals surface area (Å²) >= 11 is 7.34. The summed E-state index contributed by atoms with van der Waals surface area (Å²) in [5, 5.41) is 14.4. The minimum atomic E-state index is -0.417. The molecule has 2 N–H and O–H groups in total. The van der Waals surface area contributed by atoms with Crippen LogP contribution < -0.4 is 5.32 Å². The molecule has 1 amide bonds. The van der Waals surface area contributed by atoms with Crippen LogP contribution in [0.1, 0.15) is 10.4 Å². The Hall–Kier alpha value is -1.50. The van der Waals surface area contributed by atoms with Crippen molar-refractivity contribution in [3.8, 4) is 5.75 Å². The van der Waals surface area contributed by atoms with Crippen molar-refractivity contribution in [3.63, 3.8) is 0 Å². The largest absolute Gasteiger partial charge is 0.506 e. The Kier molecular flexibility index (Phi) is 4.92. The van der Waals surface area contributed by atoms with E-state index < -0.39 is 5.91 Å². The Morgan fingerprint density at radius 3 is 2.95 bits per heavy atom. The SMILES string of the molecule is Cl.O=C(NC1=NCCS1)c1cnc2cc(Cl)ccc2c1O. The summed E-state index contributed by atoms with van der Waals surface area (Å²) in [4.78, 5) is 20.4. The Balaban J connectivity index is 0.00000161. The van der Waals surface area contributed by atoms with Gasteiger partial charge in [0.1, 0.15) is 11.3 Å². The number of pyridine rings is 1. The van der Waals surface area contributed by atoms with Gasteiger partial charge in [0.25, 0.3) is 5.91 Å². The first-order chi connectivity index (χ1) is 9.65. The van der Waals surface area contributed by atoms with Crippen molar-refractivity contribution < 1.29 is 9.90 Å². The van der Waals surface area contributed by atoms with Gasteiger partial charge in [0.15, 0.2) is 5.17 Å². The van der Waals surface area contributed by atoms with Crippen molar-refractivity contribution in [2.75, 3.05) is 12.3 Å². The first-order valence-electron chi connectivity index (χ1n) is 5.91. The highest BCUT2D eigenvalue weighted by Crippen LogP contribution is 2.29. The minimum absolute atomic E-state index is 0. The normalized spacial score (nSPS) is 13.7. The maximum Gasteiger partial charge on any atom is 0.262 e. The van der Waals surface area contributed by atoms with Gasteiger partial charge in [-0.25, -0.2) is 0 Å². The van der Waals surface area contributed by atoms with E-state index in [4.69, 9.17) is 11.6 Å². The molecule has 5 nitrogen and oxygen atoms in total. The molecule has 0 saturated heterocycles. The Morgan fingerprint density at radius 1 is 1.43 bits per heavy atom. The zero-order valence-electron chi connectivity index (χ0n) is 10.7. The molecule has 0 unspecified atom stereocenters. The third-order valence-electron chi connectivity index (χ3n) is 2.85. The fraction of sp³-hybridized carbons (Fsp3) is 0.154. The molecule has 0 atom stereocenters. The van der Waals surface area contributed by atoms with Gasteiger partial charge in [0.05, 0.1) is 12.1 Å². The summed E-state index contributed by atoms with van der Waals surface area (Å²) in [6.45, 7) is 0.695. The molecule has 0 aliphatic carbocycles. The van der Waals surface area contributed by atoms with Crippen LogP contribution in [0, 0.1) is 0 Å². The number of hydrogen-bond donors (Lipinski definition) is 2. The minimum Gasteiger partial charge on any atom is -0.506 e. The number of fused-ring (bicyclic) bond motifs is 1. The molecular weight excluding hydrogens is 333 g/mol. The topological polar surface area (TPSA) is 74.6 Å². The molecule has 0 saturated carbocycles. The monoisotopic (exact) mass is 343 g/mol. The summed E-state index contributed by atoms with van der Waals surface area (Å²) in [6.07, 6.45) is 1.34.